The highest BCUT2D eigenvalue weighted by atomic mass is 19.4. The molecule has 2 saturated heterocycles. The van der Waals surface area contributed by atoms with Crippen LogP contribution < -0.4 is 10.7 Å². The number of alkyl halides is 3. The number of fused-ring (bicyclic) bond motifs is 1. The van der Waals surface area contributed by atoms with Gasteiger partial charge in [-0.05, 0) is 166 Å². The average Bonchev–Trinajstić information content (AvgIpc) is 1.58. The summed E-state index contributed by atoms with van der Waals surface area (Å²) in [7, 11) is 1.60. The molecule has 15 heteroatoms. The Morgan fingerprint density at radius 2 is 1.48 bits per heavy atom. The van der Waals surface area contributed by atoms with Gasteiger partial charge in [0.05, 0.1) is 23.5 Å². The summed E-state index contributed by atoms with van der Waals surface area (Å²) in [5.41, 5.74) is 9.69. The van der Waals surface area contributed by atoms with Crippen molar-refractivity contribution in [2.75, 3.05) is 46.4 Å². The van der Waals surface area contributed by atoms with Gasteiger partial charge >= 0.3 is 6.18 Å². The Hall–Kier alpha value is -5.12. The Labute approximate surface area is 579 Å². The number of benzene rings is 2. The number of amides is 3. The zero-order valence-electron chi connectivity index (χ0n) is 62.7. The van der Waals surface area contributed by atoms with E-state index in [0.29, 0.717) is 66.9 Å². The Balaban J connectivity index is 0.000000716. The monoisotopic (exact) mass is 1340 g/mol. The second-order valence-corrected chi connectivity index (χ2v) is 30.1. The SMILES string of the molecule is CC1CC1.CCCC.CCCC(C)CC.CCCc1cnc(C(C)OC)c(-c2c(CC(C)(C)CC)c3cc(-c4cccc(CC(NC(=O)C(C5CCCC5)N5CCC(CN(CC)C(=O)C(C)CC(C)CC)C5)C(=O)N5CCCCN5)c4)ccc3n2CC(F)(F)F)c1.O=CC1CC1. The third-order valence-corrected chi connectivity index (χ3v) is 20.8. The molecule has 0 bridgehead atoms. The number of pyridine rings is 1. The predicted molar refractivity (Wildman–Crippen MR) is 391 cm³/mol. The number of aromatic nitrogens is 2. The first-order valence-electron chi connectivity index (χ1n) is 38.0. The molecule has 2 aromatic carbocycles. The second-order valence-electron chi connectivity index (χ2n) is 30.1. The lowest BCUT2D eigenvalue weighted by Crippen LogP contribution is -2.59. The fraction of sp³-hybridized carbons (Fsp3) is 0.716. The minimum atomic E-state index is -4.50. The molecule has 9 rings (SSSR count). The van der Waals surface area contributed by atoms with Crippen molar-refractivity contribution in [1.82, 2.24) is 35.1 Å². The molecule has 4 heterocycles. The van der Waals surface area contributed by atoms with Crippen LogP contribution in [0, 0.1) is 46.8 Å². The van der Waals surface area contributed by atoms with Crippen LogP contribution in [0.4, 0.5) is 13.2 Å². The average molecular weight is 1340 g/mol. The number of carbonyl (C=O) groups excluding carboxylic acids is 4. The largest absolute Gasteiger partial charge is 0.406 e. The molecule has 5 fully saturated rings. The summed E-state index contributed by atoms with van der Waals surface area (Å²) in [6.07, 6.45) is 21.8. The fourth-order valence-electron chi connectivity index (χ4n) is 13.4. The quantitative estimate of drug-likeness (QED) is 0.0514. The van der Waals surface area contributed by atoms with E-state index in [4.69, 9.17) is 9.72 Å². The number of hydrogen-bond donors (Lipinski definition) is 2. The van der Waals surface area contributed by atoms with Gasteiger partial charge in [0.2, 0.25) is 11.8 Å². The molecule has 96 heavy (non-hydrogen) atoms. The van der Waals surface area contributed by atoms with Gasteiger partial charge in [0.15, 0.2) is 0 Å². The van der Waals surface area contributed by atoms with Crippen molar-refractivity contribution in [2.24, 2.45) is 46.8 Å². The number of methoxy groups -OCH3 is 1. The van der Waals surface area contributed by atoms with Crippen molar-refractivity contribution in [3.05, 3.63) is 77.1 Å². The van der Waals surface area contributed by atoms with Crippen LogP contribution in [0.1, 0.15) is 261 Å². The number of unbranched alkanes of at least 4 members (excludes halogenated alkanes) is 1. The number of halogens is 3. The predicted octanol–water partition coefficient (Wildman–Crippen LogP) is 19.2. The maximum Gasteiger partial charge on any atom is 0.406 e. The van der Waals surface area contributed by atoms with Crippen molar-refractivity contribution in [3.63, 3.8) is 0 Å². The molecule has 0 spiro atoms. The lowest BCUT2D eigenvalue weighted by molar-refractivity contribution is -0.141. The van der Waals surface area contributed by atoms with Crippen LogP contribution in [0.3, 0.4) is 0 Å². The summed E-state index contributed by atoms with van der Waals surface area (Å²) in [5.74, 6) is 3.30. The lowest BCUT2D eigenvalue weighted by Gasteiger charge is -2.35. The van der Waals surface area contributed by atoms with E-state index in [1.807, 2.05) is 60.5 Å². The number of likely N-dealkylation sites (tertiary alicyclic amines) is 1. The minimum Gasteiger partial charge on any atom is -0.375 e. The van der Waals surface area contributed by atoms with Crippen LogP contribution in [0.5, 0.6) is 0 Å². The number of ether oxygens (including phenoxy) is 1. The maximum absolute atomic E-state index is 15.0. The van der Waals surface area contributed by atoms with Crippen LogP contribution in [0.15, 0.2) is 54.7 Å². The fourth-order valence-corrected chi connectivity index (χ4v) is 13.4. The minimum absolute atomic E-state index is 0.0300. The Bertz CT molecular complexity index is 2960. The van der Waals surface area contributed by atoms with Gasteiger partial charge in [0, 0.05) is 80.8 Å². The summed E-state index contributed by atoms with van der Waals surface area (Å²) in [6.45, 7) is 35.2. The van der Waals surface area contributed by atoms with Crippen LogP contribution in [-0.2, 0) is 49.7 Å². The number of rotatable bonds is 29. The van der Waals surface area contributed by atoms with Gasteiger partial charge in [0.25, 0.3) is 5.91 Å². The molecule has 2 aliphatic heterocycles. The number of hydrazine groups is 1. The first-order chi connectivity index (χ1) is 45.8. The number of aryl methyl sites for hydroxylation is 1. The lowest BCUT2D eigenvalue weighted by atomic mass is 9.81. The van der Waals surface area contributed by atoms with E-state index < -0.39 is 24.9 Å². The molecule has 0 radical (unpaired) electrons. The van der Waals surface area contributed by atoms with Crippen LogP contribution in [-0.4, -0.2) is 113 Å². The van der Waals surface area contributed by atoms with Gasteiger partial charge in [-0.15, -0.1) is 0 Å². The standard InChI is InChI=1S/C62H90F3N7O4.C7H16.C4H6O.C4H8.C4H10/c1-11-20-45-33-51(55(66-37-45)43(7)76-10)57-52(36-61(8,9)13-3)50-35-49(25-26-54(50)71(57)40-62(63,64)65)48-24-19-21-44(32-48)34-53(60(75)72-29-18-17-28-67-72)68-58(73)56(47-22-15-16-23-47)70-30-27-46(39-70)38-69(14-4)59(74)42(6)31-41(5)12-2;1-4-6-7(3)5-2;5-3-4-1-2-4;1-4-2-3-4;1-3-4-2/h19,21,24-26,32-33,35,37,41-43,46-47,53,56,67H,11-18,20,22-23,27-31,34,36,38-40H2,1-10H3,(H,68,73);7H,4-6H2,1-3H3;3-4H,1-2H2;4H,2-3H2,1H3;3-4H2,1-2H3. The van der Waals surface area contributed by atoms with E-state index in [1.165, 1.54) is 49.5 Å². The van der Waals surface area contributed by atoms with E-state index in [-0.39, 0.29) is 53.4 Å². The van der Waals surface area contributed by atoms with Gasteiger partial charge in [-0.1, -0.05) is 197 Å². The highest BCUT2D eigenvalue weighted by molar-refractivity contribution is 5.96. The zero-order valence-corrected chi connectivity index (χ0v) is 62.7. The van der Waals surface area contributed by atoms with E-state index in [0.717, 1.165) is 154 Å². The highest BCUT2D eigenvalue weighted by Gasteiger charge is 2.42. The van der Waals surface area contributed by atoms with Crippen molar-refractivity contribution in [2.45, 2.75) is 282 Å². The molecule has 7 atom stereocenters. The number of hydrogen-bond acceptors (Lipinski definition) is 8. The van der Waals surface area contributed by atoms with Crippen molar-refractivity contribution < 1.29 is 37.1 Å². The van der Waals surface area contributed by atoms with Gasteiger partial charge in [-0.3, -0.25) is 29.3 Å². The first-order valence-corrected chi connectivity index (χ1v) is 38.0. The van der Waals surface area contributed by atoms with Crippen molar-refractivity contribution in [1.29, 1.82) is 0 Å². The summed E-state index contributed by atoms with van der Waals surface area (Å²) in [4.78, 5) is 62.2. The molecule has 2 aromatic heterocycles. The zero-order chi connectivity index (χ0) is 70.7. The van der Waals surface area contributed by atoms with Crippen LogP contribution in [0.25, 0.3) is 33.3 Å². The Morgan fingerprint density at radius 3 is 2.01 bits per heavy atom. The summed E-state index contributed by atoms with van der Waals surface area (Å²) in [5, 5.41) is 5.78. The maximum atomic E-state index is 15.0. The topological polar surface area (TPSA) is 129 Å². The molecule has 2 N–H and O–H groups in total. The highest BCUT2D eigenvalue weighted by Crippen LogP contribution is 2.44. The number of nitrogens with zero attached hydrogens (tertiary/aromatic N) is 5. The first kappa shape index (κ1) is 81.6. The summed E-state index contributed by atoms with van der Waals surface area (Å²) in [6, 6.07) is 14.6. The Morgan fingerprint density at radius 1 is 0.802 bits per heavy atom. The molecular formula is C81H130F3N7O5. The van der Waals surface area contributed by atoms with E-state index in [1.54, 1.807) is 12.1 Å². The molecule has 12 nitrogen and oxygen atoms in total. The number of aldehydes is 1. The van der Waals surface area contributed by atoms with Crippen LogP contribution >= 0.6 is 0 Å². The molecule has 3 saturated carbocycles. The molecule has 4 aromatic rings. The van der Waals surface area contributed by atoms with E-state index in [2.05, 4.69) is 119 Å². The van der Waals surface area contributed by atoms with Crippen molar-refractivity contribution in [3.8, 4) is 22.4 Å². The summed E-state index contributed by atoms with van der Waals surface area (Å²) >= 11 is 0. The molecule has 540 valence electrons. The van der Waals surface area contributed by atoms with Gasteiger partial charge in [0.1, 0.15) is 18.9 Å². The van der Waals surface area contributed by atoms with Crippen molar-refractivity contribution >= 4 is 34.9 Å². The molecule has 5 aliphatic rings. The van der Waals surface area contributed by atoms with Gasteiger partial charge in [-0.25, -0.2) is 5.43 Å². The molecule has 3 aliphatic carbocycles. The van der Waals surface area contributed by atoms with Crippen LogP contribution in [0.2, 0.25) is 0 Å². The molecular weight excluding hydrogens is 1210 g/mol. The van der Waals surface area contributed by atoms with E-state index in [9.17, 15) is 27.6 Å². The normalized spacial score (nSPS) is 18.6. The second kappa shape index (κ2) is 40.8. The molecule has 7 unspecified atom stereocenters. The Kier molecular flexibility index (Phi) is 34.7. The summed E-state index contributed by atoms with van der Waals surface area (Å²) < 4.78 is 51.9. The third-order valence-electron chi connectivity index (χ3n) is 20.8. The van der Waals surface area contributed by atoms with E-state index >= 15 is 4.79 Å². The smallest absolute Gasteiger partial charge is 0.375 e. The third kappa shape index (κ3) is 25.9. The van der Waals surface area contributed by atoms with Gasteiger partial charge in [-0.2, -0.15) is 13.2 Å². The van der Waals surface area contributed by atoms with Gasteiger partial charge < -0.3 is 24.3 Å². The number of nitrogens with one attached hydrogen (secondary N) is 2. The number of carbonyl (C=O) groups is 4. The molecule has 3 amide bonds.